The minimum atomic E-state index is 0.298. The summed E-state index contributed by atoms with van der Waals surface area (Å²) in [6, 6.07) is 34.6. The molecule has 0 aliphatic heterocycles. The summed E-state index contributed by atoms with van der Waals surface area (Å²) >= 11 is 0. The van der Waals surface area contributed by atoms with Crippen molar-refractivity contribution in [2.75, 3.05) is 0 Å². The summed E-state index contributed by atoms with van der Waals surface area (Å²) in [6.45, 7) is 0. The maximum absolute atomic E-state index is 10.3. The molecule has 1 nitrogen and oxygen atoms in total. The van der Waals surface area contributed by atoms with Crippen molar-refractivity contribution in [3.8, 4) is 39.1 Å². The Hall–Kier alpha value is -3.32. The molecule has 0 fully saturated rings. The predicted octanol–water partition coefficient (Wildman–Crippen LogP) is 6.39. The second kappa shape index (κ2) is 6.66. The van der Waals surface area contributed by atoms with E-state index >= 15 is 0 Å². The maximum atomic E-state index is 10.3. The fourth-order valence-electron chi connectivity index (χ4n) is 3.10. The van der Waals surface area contributed by atoms with Crippen LogP contribution in [-0.4, -0.2) is 5.11 Å². The molecule has 0 spiro atoms. The van der Waals surface area contributed by atoms with Gasteiger partial charge in [-0.1, -0.05) is 78.9 Å². The molecule has 4 aromatic rings. The topological polar surface area (TPSA) is 20.2 Å². The fraction of sp³-hybridized carbons (Fsp3) is 0. The van der Waals surface area contributed by atoms with Crippen LogP contribution in [0.2, 0.25) is 0 Å². The Morgan fingerprint density at radius 3 is 1.36 bits per heavy atom. The summed E-state index contributed by atoms with van der Waals surface area (Å²) in [6.07, 6.45) is 0. The van der Waals surface area contributed by atoms with Gasteiger partial charge in [-0.05, 0) is 52.1 Å². The van der Waals surface area contributed by atoms with Crippen LogP contribution in [0.5, 0.6) is 5.75 Å². The number of hydrogen-bond acceptors (Lipinski definition) is 1. The minimum absolute atomic E-state index is 0.298. The molecule has 0 unspecified atom stereocenters. The number of aromatic hydroxyl groups is 1. The van der Waals surface area contributed by atoms with Gasteiger partial charge in [-0.2, -0.15) is 0 Å². The summed E-state index contributed by atoms with van der Waals surface area (Å²) in [5.41, 5.74) is 6.46. The molecule has 4 aromatic carbocycles. The van der Waals surface area contributed by atoms with Gasteiger partial charge < -0.3 is 5.11 Å². The molecular formula is C24H18O. The molecule has 0 aromatic heterocycles. The van der Waals surface area contributed by atoms with Gasteiger partial charge in [0, 0.05) is 5.56 Å². The fourth-order valence-corrected chi connectivity index (χ4v) is 3.10. The van der Waals surface area contributed by atoms with Crippen molar-refractivity contribution in [3.05, 3.63) is 103 Å². The van der Waals surface area contributed by atoms with Gasteiger partial charge in [0.15, 0.2) is 0 Å². The molecule has 120 valence electrons. The summed E-state index contributed by atoms with van der Waals surface area (Å²) in [7, 11) is 0. The van der Waals surface area contributed by atoms with Crippen LogP contribution in [0.3, 0.4) is 0 Å². The number of phenolic OH excluding ortho intramolecular Hbond substituents is 1. The zero-order chi connectivity index (χ0) is 17.1. The van der Waals surface area contributed by atoms with Crippen molar-refractivity contribution in [2.24, 2.45) is 0 Å². The normalized spacial score (nSPS) is 10.6. The Bertz CT molecular complexity index is 931. The van der Waals surface area contributed by atoms with E-state index < -0.39 is 0 Å². The van der Waals surface area contributed by atoms with E-state index in [-0.39, 0.29) is 0 Å². The molecule has 0 aliphatic rings. The Morgan fingerprint density at radius 2 is 0.840 bits per heavy atom. The Morgan fingerprint density at radius 1 is 0.400 bits per heavy atom. The van der Waals surface area contributed by atoms with Gasteiger partial charge in [-0.25, -0.2) is 0 Å². The van der Waals surface area contributed by atoms with E-state index in [0.717, 1.165) is 33.4 Å². The average molecular weight is 322 g/mol. The number of hydrogen-bond donors (Lipinski definition) is 1. The van der Waals surface area contributed by atoms with Crippen LogP contribution < -0.4 is 0 Å². The molecular weight excluding hydrogens is 304 g/mol. The van der Waals surface area contributed by atoms with Crippen LogP contribution in [0.25, 0.3) is 33.4 Å². The van der Waals surface area contributed by atoms with Crippen molar-refractivity contribution in [1.29, 1.82) is 0 Å². The van der Waals surface area contributed by atoms with Crippen LogP contribution in [0.1, 0.15) is 0 Å². The lowest BCUT2D eigenvalue weighted by Gasteiger charge is -2.12. The first kappa shape index (κ1) is 15.2. The third kappa shape index (κ3) is 3.17. The van der Waals surface area contributed by atoms with Crippen LogP contribution in [0.4, 0.5) is 0 Å². The van der Waals surface area contributed by atoms with E-state index in [2.05, 4.69) is 42.5 Å². The molecule has 0 heterocycles. The third-order valence-corrected chi connectivity index (χ3v) is 4.36. The van der Waals surface area contributed by atoms with E-state index in [9.17, 15) is 5.11 Å². The van der Waals surface area contributed by atoms with Gasteiger partial charge in [-0.15, -0.1) is 0 Å². The molecule has 0 aliphatic carbocycles. The van der Waals surface area contributed by atoms with E-state index in [0.29, 0.717) is 5.75 Å². The first-order valence-electron chi connectivity index (χ1n) is 8.35. The van der Waals surface area contributed by atoms with Crippen LogP contribution in [-0.2, 0) is 0 Å². The lowest BCUT2D eigenvalue weighted by Crippen LogP contribution is -1.86. The molecule has 0 radical (unpaired) electrons. The molecule has 4 rings (SSSR count). The SMILES string of the molecule is Oc1ccccc1-c1cc(-c2ccccc2)cc(-c2ccccc2)c1. The predicted molar refractivity (Wildman–Crippen MR) is 104 cm³/mol. The highest BCUT2D eigenvalue weighted by molar-refractivity contribution is 5.82. The molecule has 25 heavy (non-hydrogen) atoms. The lowest BCUT2D eigenvalue weighted by molar-refractivity contribution is 0.477. The quantitative estimate of drug-likeness (QED) is 0.463. The monoisotopic (exact) mass is 322 g/mol. The molecule has 1 N–H and O–H groups in total. The van der Waals surface area contributed by atoms with Gasteiger partial charge in [0.2, 0.25) is 0 Å². The Labute approximate surface area is 147 Å². The molecule has 0 saturated heterocycles. The molecule has 0 bridgehead atoms. The molecule has 0 atom stereocenters. The van der Waals surface area contributed by atoms with Gasteiger partial charge in [0.1, 0.15) is 5.75 Å². The summed E-state index contributed by atoms with van der Waals surface area (Å²) < 4.78 is 0. The first-order chi connectivity index (χ1) is 12.3. The van der Waals surface area contributed by atoms with E-state index in [4.69, 9.17) is 0 Å². The Balaban J connectivity index is 1.94. The van der Waals surface area contributed by atoms with Crippen molar-refractivity contribution in [3.63, 3.8) is 0 Å². The Kier molecular flexibility index (Phi) is 4.05. The number of para-hydroxylation sites is 1. The number of benzene rings is 4. The smallest absolute Gasteiger partial charge is 0.123 e. The van der Waals surface area contributed by atoms with Crippen LogP contribution in [0.15, 0.2) is 103 Å². The van der Waals surface area contributed by atoms with E-state index in [1.54, 1.807) is 6.07 Å². The van der Waals surface area contributed by atoms with Crippen molar-refractivity contribution >= 4 is 0 Å². The maximum Gasteiger partial charge on any atom is 0.123 e. The third-order valence-electron chi connectivity index (χ3n) is 4.36. The minimum Gasteiger partial charge on any atom is -0.507 e. The molecule has 1 heteroatoms. The second-order valence-electron chi connectivity index (χ2n) is 6.05. The second-order valence-corrected chi connectivity index (χ2v) is 6.05. The highest BCUT2D eigenvalue weighted by Gasteiger charge is 2.09. The van der Waals surface area contributed by atoms with E-state index in [1.807, 2.05) is 54.6 Å². The highest BCUT2D eigenvalue weighted by Crippen LogP contribution is 2.35. The molecule has 0 saturated carbocycles. The first-order valence-corrected chi connectivity index (χ1v) is 8.35. The van der Waals surface area contributed by atoms with Crippen molar-refractivity contribution < 1.29 is 5.11 Å². The zero-order valence-corrected chi connectivity index (χ0v) is 13.8. The lowest BCUT2D eigenvalue weighted by atomic mass is 9.93. The van der Waals surface area contributed by atoms with Gasteiger partial charge in [0.05, 0.1) is 0 Å². The van der Waals surface area contributed by atoms with Gasteiger partial charge in [0.25, 0.3) is 0 Å². The van der Waals surface area contributed by atoms with Crippen LogP contribution >= 0.6 is 0 Å². The zero-order valence-electron chi connectivity index (χ0n) is 13.8. The van der Waals surface area contributed by atoms with Crippen LogP contribution in [0, 0.1) is 0 Å². The molecule has 0 amide bonds. The van der Waals surface area contributed by atoms with Crippen molar-refractivity contribution in [1.82, 2.24) is 0 Å². The van der Waals surface area contributed by atoms with Crippen molar-refractivity contribution in [2.45, 2.75) is 0 Å². The van der Waals surface area contributed by atoms with Gasteiger partial charge in [-0.3, -0.25) is 0 Å². The summed E-state index contributed by atoms with van der Waals surface area (Å²) in [5, 5.41) is 10.3. The largest absolute Gasteiger partial charge is 0.507 e. The standard InChI is InChI=1S/C24H18O/c25-24-14-8-7-13-23(24)22-16-20(18-9-3-1-4-10-18)15-21(17-22)19-11-5-2-6-12-19/h1-17,25H. The number of phenols is 1. The van der Waals surface area contributed by atoms with E-state index in [1.165, 1.54) is 0 Å². The summed E-state index contributed by atoms with van der Waals surface area (Å²) in [4.78, 5) is 0. The van der Waals surface area contributed by atoms with Gasteiger partial charge >= 0.3 is 0 Å². The number of rotatable bonds is 3. The summed E-state index contributed by atoms with van der Waals surface area (Å²) in [5.74, 6) is 0.298. The average Bonchev–Trinajstić information content (AvgIpc) is 2.69. The highest BCUT2D eigenvalue weighted by atomic mass is 16.3.